The Labute approximate surface area is 134 Å². The number of carbonyl (C=O) groups is 2. The average molecular weight is 312 g/mol. The maximum absolute atomic E-state index is 12.5. The molecular formula is C17H20N4O2. The minimum absolute atomic E-state index is 0.152. The zero-order chi connectivity index (χ0) is 16.6. The minimum Gasteiger partial charge on any atom is -0.351 e. The quantitative estimate of drug-likeness (QED) is 0.809. The van der Waals surface area contributed by atoms with Crippen molar-refractivity contribution in [2.45, 2.75) is 32.7 Å². The van der Waals surface area contributed by atoms with Crippen LogP contribution in [0.1, 0.15) is 40.6 Å². The molecule has 120 valence electrons. The van der Waals surface area contributed by atoms with E-state index in [0.29, 0.717) is 23.0 Å². The number of aromatic nitrogens is 1. The van der Waals surface area contributed by atoms with Gasteiger partial charge in [0, 0.05) is 28.8 Å². The van der Waals surface area contributed by atoms with Crippen molar-refractivity contribution in [3.8, 4) is 0 Å². The van der Waals surface area contributed by atoms with Gasteiger partial charge in [-0.05, 0) is 51.0 Å². The van der Waals surface area contributed by atoms with E-state index in [1.54, 1.807) is 24.3 Å². The summed E-state index contributed by atoms with van der Waals surface area (Å²) in [6, 6.07) is 8.72. The van der Waals surface area contributed by atoms with Crippen molar-refractivity contribution in [2.24, 2.45) is 5.73 Å². The van der Waals surface area contributed by atoms with Crippen LogP contribution in [0.4, 0.5) is 16.2 Å². The van der Waals surface area contributed by atoms with Crippen LogP contribution in [0.3, 0.4) is 0 Å². The van der Waals surface area contributed by atoms with Gasteiger partial charge in [0.1, 0.15) is 0 Å². The summed E-state index contributed by atoms with van der Waals surface area (Å²) >= 11 is 0. The third-order valence-corrected chi connectivity index (χ3v) is 4.03. The fourth-order valence-electron chi connectivity index (χ4n) is 2.92. The number of benzene rings is 1. The van der Waals surface area contributed by atoms with Crippen LogP contribution in [0.25, 0.3) is 0 Å². The maximum Gasteiger partial charge on any atom is 0.316 e. The molecule has 0 spiro atoms. The van der Waals surface area contributed by atoms with Gasteiger partial charge in [-0.25, -0.2) is 4.79 Å². The van der Waals surface area contributed by atoms with E-state index >= 15 is 0 Å². The molecule has 4 N–H and O–H groups in total. The molecule has 0 bridgehead atoms. The number of aryl methyl sites for hydroxylation is 1. The fourth-order valence-corrected chi connectivity index (χ4v) is 2.92. The molecule has 23 heavy (non-hydrogen) atoms. The monoisotopic (exact) mass is 312 g/mol. The summed E-state index contributed by atoms with van der Waals surface area (Å²) in [6.07, 6.45) is 2.36. The smallest absolute Gasteiger partial charge is 0.316 e. The molecule has 2 aromatic rings. The number of rotatable bonds is 4. The Kier molecular flexibility index (Phi) is 3.82. The summed E-state index contributed by atoms with van der Waals surface area (Å²) in [5, 5.41) is 5.36. The Bertz CT molecular complexity index is 775. The molecule has 0 unspecified atom stereocenters. The largest absolute Gasteiger partial charge is 0.351 e. The molecule has 1 fully saturated rings. The van der Waals surface area contributed by atoms with Crippen LogP contribution < -0.4 is 16.4 Å². The summed E-state index contributed by atoms with van der Waals surface area (Å²) in [4.78, 5) is 23.4. The topological polar surface area (TPSA) is 89.2 Å². The average Bonchev–Trinajstić information content (AvgIpc) is 3.24. The van der Waals surface area contributed by atoms with E-state index in [9.17, 15) is 9.59 Å². The Morgan fingerprint density at radius 1 is 1.13 bits per heavy atom. The lowest BCUT2D eigenvalue weighted by Crippen LogP contribution is -2.19. The molecule has 1 aliphatic rings. The van der Waals surface area contributed by atoms with Crippen LogP contribution in [-0.2, 0) is 0 Å². The van der Waals surface area contributed by atoms with Gasteiger partial charge in [0.2, 0.25) is 0 Å². The Morgan fingerprint density at radius 3 is 2.39 bits per heavy atom. The standard InChI is InChI=1S/C17H20N4O2/c1-10-8-15(11(2)21(10)14-6-7-14)16(22)19-12-4-3-5-13(9-12)20-17(18)23/h3-5,8-9,14H,6-7H2,1-2H3,(H,19,22)(H3,18,20,23). The van der Waals surface area contributed by atoms with Crippen LogP contribution in [0.5, 0.6) is 0 Å². The second-order valence-electron chi connectivity index (χ2n) is 5.91. The van der Waals surface area contributed by atoms with Gasteiger partial charge < -0.3 is 20.9 Å². The van der Waals surface area contributed by atoms with Crippen molar-refractivity contribution in [3.05, 3.63) is 47.3 Å². The molecular weight excluding hydrogens is 292 g/mol. The van der Waals surface area contributed by atoms with Crippen molar-refractivity contribution in [1.29, 1.82) is 0 Å². The third kappa shape index (κ3) is 3.21. The number of anilines is 2. The van der Waals surface area contributed by atoms with Crippen LogP contribution in [0.15, 0.2) is 30.3 Å². The van der Waals surface area contributed by atoms with Gasteiger partial charge in [0.15, 0.2) is 0 Å². The maximum atomic E-state index is 12.5. The molecule has 1 aromatic carbocycles. The normalized spacial score (nSPS) is 13.7. The van der Waals surface area contributed by atoms with E-state index in [-0.39, 0.29) is 5.91 Å². The molecule has 3 amide bonds. The summed E-state index contributed by atoms with van der Waals surface area (Å²) in [7, 11) is 0. The first-order valence-corrected chi connectivity index (χ1v) is 7.62. The van der Waals surface area contributed by atoms with Crippen LogP contribution in [-0.4, -0.2) is 16.5 Å². The molecule has 3 rings (SSSR count). The number of urea groups is 1. The summed E-state index contributed by atoms with van der Waals surface area (Å²) in [5.41, 5.74) is 9.04. The van der Waals surface area contributed by atoms with E-state index in [1.165, 1.54) is 12.8 Å². The third-order valence-electron chi connectivity index (χ3n) is 4.03. The van der Waals surface area contributed by atoms with E-state index in [2.05, 4.69) is 15.2 Å². The Hall–Kier alpha value is -2.76. The summed E-state index contributed by atoms with van der Waals surface area (Å²) < 4.78 is 2.24. The molecule has 6 nitrogen and oxygen atoms in total. The highest BCUT2D eigenvalue weighted by molar-refractivity contribution is 6.05. The molecule has 6 heteroatoms. The molecule has 1 aliphatic carbocycles. The van der Waals surface area contributed by atoms with Crippen molar-refractivity contribution >= 4 is 23.3 Å². The molecule has 1 heterocycles. The van der Waals surface area contributed by atoms with Crippen LogP contribution >= 0.6 is 0 Å². The minimum atomic E-state index is -0.638. The first-order chi connectivity index (χ1) is 11.0. The van der Waals surface area contributed by atoms with Crippen molar-refractivity contribution in [3.63, 3.8) is 0 Å². The number of amides is 3. The van der Waals surface area contributed by atoms with E-state index in [0.717, 1.165) is 11.4 Å². The van der Waals surface area contributed by atoms with Crippen LogP contribution in [0.2, 0.25) is 0 Å². The van der Waals surface area contributed by atoms with Gasteiger partial charge in [0.25, 0.3) is 5.91 Å². The second kappa shape index (κ2) is 5.79. The lowest BCUT2D eigenvalue weighted by molar-refractivity contribution is 0.102. The molecule has 0 radical (unpaired) electrons. The zero-order valence-electron chi connectivity index (χ0n) is 13.2. The van der Waals surface area contributed by atoms with Crippen molar-refractivity contribution in [2.75, 3.05) is 10.6 Å². The number of hydrogen-bond donors (Lipinski definition) is 3. The van der Waals surface area contributed by atoms with Gasteiger partial charge in [-0.15, -0.1) is 0 Å². The van der Waals surface area contributed by atoms with Crippen molar-refractivity contribution in [1.82, 2.24) is 4.57 Å². The van der Waals surface area contributed by atoms with Gasteiger partial charge in [-0.3, -0.25) is 4.79 Å². The van der Waals surface area contributed by atoms with E-state index in [1.807, 2.05) is 19.9 Å². The first-order valence-electron chi connectivity index (χ1n) is 7.62. The Balaban J connectivity index is 1.79. The number of nitrogens with one attached hydrogen (secondary N) is 2. The number of nitrogens with two attached hydrogens (primary N) is 1. The number of hydrogen-bond acceptors (Lipinski definition) is 2. The SMILES string of the molecule is Cc1cc(C(=O)Nc2cccc(NC(N)=O)c2)c(C)n1C1CC1. The molecule has 0 saturated heterocycles. The van der Waals surface area contributed by atoms with Gasteiger partial charge in [-0.2, -0.15) is 0 Å². The van der Waals surface area contributed by atoms with E-state index in [4.69, 9.17) is 5.73 Å². The molecule has 0 aliphatic heterocycles. The lowest BCUT2D eigenvalue weighted by atomic mass is 10.2. The zero-order valence-corrected chi connectivity index (χ0v) is 13.2. The van der Waals surface area contributed by atoms with Gasteiger partial charge in [-0.1, -0.05) is 6.07 Å². The molecule has 1 aromatic heterocycles. The Morgan fingerprint density at radius 2 is 1.78 bits per heavy atom. The first kappa shape index (κ1) is 15.1. The lowest BCUT2D eigenvalue weighted by Gasteiger charge is -2.09. The van der Waals surface area contributed by atoms with Crippen molar-refractivity contribution < 1.29 is 9.59 Å². The van der Waals surface area contributed by atoms with Gasteiger partial charge >= 0.3 is 6.03 Å². The highest BCUT2D eigenvalue weighted by Crippen LogP contribution is 2.38. The number of primary amides is 1. The van der Waals surface area contributed by atoms with Crippen LogP contribution in [0, 0.1) is 13.8 Å². The predicted molar refractivity (Wildman–Crippen MR) is 89.8 cm³/mol. The van der Waals surface area contributed by atoms with E-state index < -0.39 is 6.03 Å². The summed E-state index contributed by atoms with van der Waals surface area (Å²) in [6.45, 7) is 4.00. The second-order valence-corrected chi connectivity index (χ2v) is 5.91. The van der Waals surface area contributed by atoms with Gasteiger partial charge in [0.05, 0.1) is 5.56 Å². The highest BCUT2D eigenvalue weighted by Gasteiger charge is 2.28. The fraction of sp³-hybridized carbons (Fsp3) is 0.294. The highest BCUT2D eigenvalue weighted by atomic mass is 16.2. The summed E-state index contributed by atoms with van der Waals surface area (Å²) in [5.74, 6) is -0.152. The number of nitrogens with zero attached hydrogens (tertiary/aromatic N) is 1. The molecule has 1 saturated carbocycles. The molecule has 0 atom stereocenters. The number of carbonyl (C=O) groups excluding carboxylic acids is 2. The predicted octanol–water partition coefficient (Wildman–Crippen LogP) is 3.18.